The topological polar surface area (TPSA) is 105 Å². The molecular formula is C12H15N3O3S. The van der Waals surface area contributed by atoms with Crippen LogP contribution in [0, 0.1) is 11.3 Å². The molecule has 1 aromatic carbocycles. The highest BCUT2D eigenvalue weighted by Crippen LogP contribution is 2.30. The first kappa shape index (κ1) is 13.6. The SMILES string of the molecule is N#Cc1c(NS(N)(=O)=O)cccc1OC1CCCC1. The van der Waals surface area contributed by atoms with Crippen LogP contribution in [0.1, 0.15) is 31.2 Å². The first-order valence-corrected chi connectivity index (χ1v) is 7.54. The standard InChI is InChI=1S/C12H15N3O3S/c13-8-10-11(15-19(14,16)17)6-3-7-12(10)18-9-4-1-2-5-9/h3,6-7,9,15H,1-2,4-5H2,(H2,14,16,17). The van der Waals surface area contributed by atoms with Gasteiger partial charge in [0, 0.05) is 0 Å². The van der Waals surface area contributed by atoms with Crippen molar-refractivity contribution in [1.82, 2.24) is 0 Å². The zero-order valence-electron chi connectivity index (χ0n) is 10.3. The maximum Gasteiger partial charge on any atom is 0.296 e. The number of ether oxygens (including phenoxy) is 1. The molecule has 102 valence electrons. The number of rotatable bonds is 4. The summed E-state index contributed by atoms with van der Waals surface area (Å²) in [5, 5.41) is 14.1. The molecule has 0 bridgehead atoms. The molecule has 0 amide bonds. The Morgan fingerprint density at radius 1 is 1.37 bits per heavy atom. The Hall–Kier alpha value is -1.78. The Balaban J connectivity index is 2.28. The van der Waals surface area contributed by atoms with Crippen molar-refractivity contribution >= 4 is 15.9 Å². The van der Waals surface area contributed by atoms with Gasteiger partial charge in [-0.2, -0.15) is 13.7 Å². The molecule has 1 saturated carbocycles. The summed E-state index contributed by atoms with van der Waals surface area (Å²) in [6.45, 7) is 0. The van der Waals surface area contributed by atoms with Crippen LogP contribution in [0.3, 0.4) is 0 Å². The van der Waals surface area contributed by atoms with E-state index in [-0.39, 0.29) is 17.4 Å². The zero-order valence-corrected chi connectivity index (χ0v) is 11.1. The molecular weight excluding hydrogens is 266 g/mol. The van der Waals surface area contributed by atoms with Gasteiger partial charge in [-0.05, 0) is 37.8 Å². The van der Waals surface area contributed by atoms with E-state index in [1.165, 1.54) is 6.07 Å². The van der Waals surface area contributed by atoms with Crippen molar-refractivity contribution in [3.05, 3.63) is 23.8 Å². The van der Waals surface area contributed by atoms with Gasteiger partial charge in [-0.3, -0.25) is 4.72 Å². The third kappa shape index (κ3) is 3.59. The molecule has 1 aromatic rings. The van der Waals surface area contributed by atoms with Gasteiger partial charge in [-0.15, -0.1) is 0 Å². The molecule has 3 N–H and O–H groups in total. The Kier molecular flexibility index (Phi) is 3.93. The van der Waals surface area contributed by atoms with Gasteiger partial charge in [-0.25, -0.2) is 5.14 Å². The molecule has 7 heteroatoms. The van der Waals surface area contributed by atoms with E-state index < -0.39 is 10.2 Å². The van der Waals surface area contributed by atoms with Crippen LogP contribution in [0.5, 0.6) is 5.75 Å². The predicted molar refractivity (Wildman–Crippen MR) is 70.8 cm³/mol. The minimum atomic E-state index is -3.91. The third-order valence-electron chi connectivity index (χ3n) is 2.99. The number of hydrogen-bond donors (Lipinski definition) is 2. The van der Waals surface area contributed by atoms with Gasteiger partial charge in [0.25, 0.3) is 10.2 Å². The fourth-order valence-electron chi connectivity index (χ4n) is 2.17. The van der Waals surface area contributed by atoms with Crippen LogP contribution in [-0.2, 0) is 10.2 Å². The Morgan fingerprint density at radius 2 is 2.05 bits per heavy atom. The first-order valence-electron chi connectivity index (χ1n) is 6.00. The second kappa shape index (κ2) is 5.47. The number of nitrogens with zero attached hydrogens (tertiary/aromatic N) is 1. The summed E-state index contributed by atoms with van der Waals surface area (Å²) in [5.74, 6) is 0.392. The molecule has 19 heavy (non-hydrogen) atoms. The average molecular weight is 281 g/mol. The predicted octanol–water partition coefficient (Wildman–Crippen LogP) is 1.50. The largest absolute Gasteiger partial charge is 0.489 e. The maximum atomic E-state index is 11.0. The fourth-order valence-corrected chi connectivity index (χ4v) is 2.65. The van der Waals surface area contributed by atoms with Gasteiger partial charge in [0.15, 0.2) is 0 Å². The minimum Gasteiger partial charge on any atom is -0.489 e. The summed E-state index contributed by atoms with van der Waals surface area (Å²) in [6, 6.07) is 6.71. The average Bonchev–Trinajstić information content (AvgIpc) is 2.80. The second-order valence-electron chi connectivity index (χ2n) is 4.46. The maximum absolute atomic E-state index is 11.0. The van der Waals surface area contributed by atoms with E-state index in [0.29, 0.717) is 5.75 Å². The van der Waals surface area contributed by atoms with Crippen molar-refractivity contribution in [1.29, 1.82) is 5.26 Å². The molecule has 0 aliphatic heterocycles. The van der Waals surface area contributed by atoms with Gasteiger partial charge in [-0.1, -0.05) is 6.07 Å². The Morgan fingerprint density at radius 3 is 2.63 bits per heavy atom. The molecule has 0 unspecified atom stereocenters. The van der Waals surface area contributed by atoms with E-state index in [1.54, 1.807) is 12.1 Å². The van der Waals surface area contributed by atoms with Crippen molar-refractivity contribution in [3.8, 4) is 11.8 Å². The highest BCUT2D eigenvalue weighted by Gasteiger charge is 2.19. The smallest absolute Gasteiger partial charge is 0.296 e. The molecule has 1 aliphatic carbocycles. The van der Waals surface area contributed by atoms with Gasteiger partial charge in [0.2, 0.25) is 0 Å². The lowest BCUT2D eigenvalue weighted by atomic mass is 10.1. The molecule has 1 aliphatic rings. The Bertz CT molecular complexity index is 601. The normalized spacial score (nSPS) is 16.0. The third-order valence-corrected chi connectivity index (χ3v) is 3.49. The lowest BCUT2D eigenvalue weighted by molar-refractivity contribution is 0.209. The van der Waals surface area contributed by atoms with Crippen LogP contribution in [-0.4, -0.2) is 14.5 Å². The van der Waals surface area contributed by atoms with Crippen molar-refractivity contribution < 1.29 is 13.2 Å². The molecule has 2 rings (SSSR count). The van der Waals surface area contributed by atoms with Crippen LogP contribution < -0.4 is 14.6 Å². The van der Waals surface area contributed by atoms with Gasteiger partial charge in [0.05, 0.1) is 11.8 Å². The van der Waals surface area contributed by atoms with E-state index in [9.17, 15) is 8.42 Å². The van der Waals surface area contributed by atoms with Gasteiger partial charge < -0.3 is 4.74 Å². The number of hydrogen-bond acceptors (Lipinski definition) is 4. The first-order chi connectivity index (χ1) is 8.99. The highest BCUT2D eigenvalue weighted by molar-refractivity contribution is 7.90. The molecule has 1 fully saturated rings. The van der Waals surface area contributed by atoms with E-state index in [1.807, 2.05) is 6.07 Å². The van der Waals surface area contributed by atoms with Crippen LogP contribution >= 0.6 is 0 Å². The summed E-state index contributed by atoms with van der Waals surface area (Å²) in [4.78, 5) is 0. The number of nitriles is 1. The highest BCUT2D eigenvalue weighted by atomic mass is 32.2. The van der Waals surface area contributed by atoms with E-state index >= 15 is 0 Å². The van der Waals surface area contributed by atoms with Crippen molar-refractivity contribution in [2.24, 2.45) is 5.14 Å². The Labute approximate surface area is 112 Å². The van der Waals surface area contributed by atoms with E-state index in [2.05, 4.69) is 4.72 Å². The molecule has 0 aromatic heterocycles. The number of nitrogens with two attached hydrogens (primary N) is 1. The zero-order chi connectivity index (χ0) is 13.9. The summed E-state index contributed by atoms with van der Waals surface area (Å²) in [7, 11) is -3.91. The van der Waals surface area contributed by atoms with E-state index in [4.69, 9.17) is 15.1 Å². The summed E-state index contributed by atoms with van der Waals surface area (Å²) in [6.07, 6.45) is 4.23. The number of benzene rings is 1. The molecule has 0 heterocycles. The lowest BCUT2D eigenvalue weighted by Crippen LogP contribution is -2.22. The van der Waals surface area contributed by atoms with Crippen LogP contribution in [0.15, 0.2) is 18.2 Å². The monoisotopic (exact) mass is 281 g/mol. The van der Waals surface area contributed by atoms with Crippen LogP contribution in [0.25, 0.3) is 0 Å². The fraction of sp³-hybridized carbons (Fsp3) is 0.417. The number of nitrogens with one attached hydrogen (secondary N) is 1. The summed E-state index contributed by atoms with van der Waals surface area (Å²) >= 11 is 0. The lowest BCUT2D eigenvalue weighted by Gasteiger charge is -2.16. The van der Waals surface area contributed by atoms with Crippen molar-refractivity contribution in [2.45, 2.75) is 31.8 Å². The minimum absolute atomic E-state index is 0.0943. The summed E-state index contributed by atoms with van der Waals surface area (Å²) in [5.41, 5.74) is 0.295. The van der Waals surface area contributed by atoms with E-state index in [0.717, 1.165) is 25.7 Å². The molecule has 6 nitrogen and oxygen atoms in total. The quantitative estimate of drug-likeness (QED) is 0.872. The summed E-state index contributed by atoms with van der Waals surface area (Å²) < 4.78 is 29.9. The molecule has 0 saturated heterocycles. The molecule has 0 spiro atoms. The van der Waals surface area contributed by atoms with Crippen molar-refractivity contribution in [2.75, 3.05) is 4.72 Å². The van der Waals surface area contributed by atoms with Gasteiger partial charge >= 0.3 is 0 Å². The van der Waals surface area contributed by atoms with Gasteiger partial charge in [0.1, 0.15) is 17.4 Å². The molecule has 0 atom stereocenters. The van der Waals surface area contributed by atoms with Crippen LogP contribution in [0.2, 0.25) is 0 Å². The molecule has 0 radical (unpaired) electrons. The second-order valence-corrected chi connectivity index (χ2v) is 5.76. The number of anilines is 1. The van der Waals surface area contributed by atoms with Crippen molar-refractivity contribution in [3.63, 3.8) is 0 Å². The van der Waals surface area contributed by atoms with Crippen LogP contribution in [0.4, 0.5) is 5.69 Å².